The molecule has 2 unspecified atom stereocenters. The summed E-state index contributed by atoms with van der Waals surface area (Å²) in [5, 5.41) is 17.1. The van der Waals surface area contributed by atoms with Gasteiger partial charge < -0.3 is 20.7 Å². The van der Waals surface area contributed by atoms with E-state index < -0.39 is 12.1 Å². The van der Waals surface area contributed by atoms with Crippen molar-refractivity contribution in [1.29, 1.82) is 0 Å². The first-order valence-electron chi connectivity index (χ1n) is 7.73. The van der Waals surface area contributed by atoms with E-state index in [0.29, 0.717) is 12.8 Å². The van der Waals surface area contributed by atoms with Gasteiger partial charge in [-0.05, 0) is 17.9 Å². The van der Waals surface area contributed by atoms with E-state index in [4.69, 9.17) is 0 Å². The van der Waals surface area contributed by atoms with Gasteiger partial charge in [-0.15, -0.1) is 0 Å². The third-order valence-corrected chi connectivity index (χ3v) is 3.39. The Bertz CT molecular complexity index is 543. The van der Waals surface area contributed by atoms with Crippen LogP contribution in [0.3, 0.4) is 0 Å². The quantitative estimate of drug-likeness (QED) is 0.537. The van der Waals surface area contributed by atoms with Crippen LogP contribution in [0.5, 0.6) is 0 Å². The molecule has 0 aliphatic carbocycles. The van der Waals surface area contributed by atoms with Crippen LogP contribution in [0.4, 0.5) is 0 Å². The van der Waals surface area contributed by atoms with Crippen molar-refractivity contribution in [2.75, 3.05) is 7.05 Å². The maximum absolute atomic E-state index is 12.5. The van der Waals surface area contributed by atoms with Crippen molar-refractivity contribution in [3.05, 3.63) is 35.9 Å². The number of nitrogens with zero attached hydrogens (tertiary/aromatic N) is 1. The Kier molecular flexibility index (Phi) is 7.80. The maximum atomic E-state index is 12.5. The van der Waals surface area contributed by atoms with E-state index in [1.165, 1.54) is 14.0 Å². The number of rotatable bonds is 8. The lowest BCUT2D eigenvalue weighted by atomic mass is 10.0. The van der Waals surface area contributed by atoms with Crippen LogP contribution in [0.25, 0.3) is 0 Å². The van der Waals surface area contributed by atoms with Gasteiger partial charge in [0.1, 0.15) is 6.04 Å². The molecule has 0 saturated carbocycles. The molecule has 0 aliphatic rings. The zero-order valence-electron chi connectivity index (χ0n) is 13.8. The molecule has 0 bridgehead atoms. The lowest BCUT2D eigenvalue weighted by Gasteiger charge is -2.26. The lowest BCUT2D eigenvalue weighted by molar-refractivity contribution is -0.221. The van der Waals surface area contributed by atoms with Gasteiger partial charge in [0.15, 0.2) is 0 Å². The molecule has 1 rings (SSSR count). The molecule has 0 fully saturated rings. The molecular formula is C17H24N3O3-. The first-order valence-corrected chi connectivity index (χ1v) is 7.73. The molecule has 1 aromatic rings. The number of nitrogens with one attached hydrogen (secondary N) is 2. The summed E-state index contributed by atoms with van der Waals surface area (Å²) in [4.78, 5) is 27.5. The third kappa shape index (κ3) is 6.50. The molecule has 6 nitrogen and oxygen atoms in total. The summed E-state index contributed by atoms with van der Waals surface area (Å²) in [5.74, 6) is -1.03. The van der Waals surface area contributed by atoms with E-state index in [1.807, 2.05) is 37.3 Å². The number of carbonyl (C=O) groups excluding carboxylic acids is 2. The summed E-state index contributed by atoms with van der Waals surface area (Å²) in [6.45, 7) is 3.29. The molecule has 2 atom stereocenters. The monoisotopic (exact) mass is 318 g/mol. The van der Waals surface area contributed by atoms with Gasteiger partial charge in [-0.3, -0.25) is 9.59 Å². The zero-order chi connectivity index (χ0) is 17.2. The Hall–Kier alpha value is -2.37. The number of amides is 2. The van der Waals surface area contributed by atoms with Crippen molar-refractivity contribution in [1.82, 2.24) is 10.6 Å². The van der Waals surface area contributed by atoms with Crippen molar-refractivity contribution >= 4 is 17.7 Å². The van der Waals surface area contributed by atoms with Crippen LogP contribution in [-0.4, -0.2) is 36.8 Å². The summed E-state index contributed by atoms with van der Waals surface area (Å²) in [7, 11) is 1.41. The Balaban J connectivity index is 2.84. The summed E-state index contributed by atoms with van der Waals surface area (Å²) >= 11 is 0. The van der Waals surface area contributed by atoms with Crippen LogP contribution < -0.4 is 15.7 Å². The van der Waals surface area contributed by atoms with Gasteiger partial charge in [-0.2, -0.15) is 0 Å². The first-order chi connectivity index (χ1) is 11.0. The molecule has 0 spiro atoms. The van der Waals surface area contributed by atoms with Crippen LogP contribution in [0.2, 0.25) is 0 Å². The van der Waals surface area contributed by atoms with E-state index in [1.54, 1.807) is 0 Å². The molecule has 0 heterocycles. The summed E-state index contributed by atoms with van der Waals surface area (Å²) in [6, 6.07) is 8.03. The second kappa shape index (κ2) is 9.61. The van der Waals surface area contributed by atoms with E-state index >= 15 is 0 Å². The van der Waals surface area contributed by atoms with Crippen LogP contribution in [0, 0.1) is 0 Å². The molecule has 126 valence electrons. The van der Waals surface area contributed by atoms with E-state index in [-0.39, 0.29) is 17.7 Å². The highest BCUT2D eigenvalue weighted by atomic mass is 16.3. The third-order valence-electron chi connectivity index (χ3n) is 3.39. The van der Waals surface area contributed by atoms with Crippen LogP contribution >= 0.6 is 0 Å². The van der Waals surface area contributed by atoms with Gasteiger partial charge in [0.25, 0.3) is 0 Å². The summed E-state index contributed by atoms with van der Waals surface area (Å²) in [6.07, 6.45) is 1.62. The Morgan fingerprint density at radius 2 is 1.83 bits per heavy atom. The average Bonchev–Trinajstić information content (AvgIpc) is 2.53. The van der Waals surface area contributed by atoms with Gasteiger partial charge in [0.2, 0.25) is 11.8 Å². The summed E-state index contributed by atoms with van der Waals surface area (Å²) < 4.78 is 0. The molecule has 0 aliphatic heterocycles. The SMILES string of the molecule is CCCC(NC(=O)C(Cc1ccccc1)NC(C)=O)C([O-])=NC. The fourth-order valence-electron chi connectivity index (χ4n) is 2.28. The van der Waals surface area contributed by atoms with Gasteiger partial charge in [0, 0.05) is 20.4 Å². The lowest BCUT2D eigenvalue weighted by Crippen LogP contribution is -2.54. The van der Waals surface area contributed by atoms with Crippen LogP contribution in [0.1, 0.15) is 32.3 Å². The molecule has 23 heavy (non-hydrogen) atoms. The van der Waals surface area contributed by atoms with Gasteiger partial charge >= 0.3 is 0 Å². The molecule has 2 amide bonds. The predicted molar refractivity (Wildman–Crippen MR) is 87.9 cm³/mol. The van der Waals surface area contributed by atoms with Crippen molar-refractivity contribution in [3.63, 3.8) is 0 Å². The number of hydrogen-bond acceptors (Lipinski definition) is 4. The molecule has 2 N–H and O–H groups in total. The van der Waals surface area contributed by atoms with Crippen LogP contribution in [0.15, 0.2) is 35.3 Å². The maximum Gasteiger partial charge on any atom is 0.243 e. The van der Waals surface area contributed by atoms with Crippen molar-refractivity contribution in [2.45, 2.75) is 45.2 Å². The summed E-state index contributed by atoms with van der Waals surface area (Å²) in [5.41, 5.74) is 0.931. The zero-order valence-corrected chi connectivity index (χ0v) is 13.8. The topological polar surface area (TPSA) is 93.6 Å². The predicted octanol–water partition coefficient (Wildman–Crippen LogP) is 0.407. The minimum atomic E-state index is -0.723. The van der Waals surface area contributed by atoms with Crippen molar-refractivity contribution in [2.24, 2.45) is 4.99 Å². The van der Waals surface area contributed by atoms with Gasteiger partial charge in [-0.25, -0.2) is 0 Å². The van der Waals surface area contributed by atoms with E-state index in [0.717, 1.165) is 12.0 Å². The van der Waals surface area contributed by atoms with Gasteiger partial charge in [-0.1, -0.05) is 43.7 Å². The first kappa shape index (κ1) is 18.7. The van der Waals surface area contributed by atoms with Crippen molar-refractivity contribution < 1.29 is 14.7 Å². The Labute approximate surface area is 137 Å². The average molecular weight is 318 g/mol. The highest BCUT2D eigenvalue weighted by molar-refractivity contribution is 5.90. The Morgan fingerprint density at radius 3 is 2.35 bits per heavy atom. The highest BCUT2D eigenvalue weighted by Crippen LogP contribution is 2.05. The second-order valence-corrected chi connectivity index (χ2v) is 5.35. The normalized spacial score (nSPS) is 14.0. The molecule has 0 aromatic heterocycles. The highest BCUT2D eigenvalue weighted by Gasteiger charge is 2.22. The second-order valence-electron chi connectivity index (χ2n) is 5.35. The van der Waals surface area contributed by atoms with Crippen molar-refractivity contribution in [3.8, 4) is 0 Å². The molecule has 0 radical (unpaired) electrons. The Morgan fingerprint density at radius 1 is 1.17 bits per heavy atom. The van der Waals surface area contributed by atoms with Crippen LogP contribution in [-0.2, 0) is 16.0 Å². The molecule has 6 heteroatoms. The van der Waals surface area contributed by atoms with E-state index in [9.17, 15) is 14.7 Å². The molecule has 1 aromatic carbocycles. The van der Waals surface area contributed by atoms with Gasteiger partial charge in [0.05, 0.1) is 6.04 Å². The smallest absolute Gasteiger partial charge is 0.243 e. The van der Waals surface area contributed by atoms with E-state index in [2.05, 4.69) is 15.6 Å². The number of hydrogen-bond donors (Lipinski definition) is 2. The fraction of sp³-hybridized carbons (Fsp3) is 0.471. The molecular weight excluding hydrogens is 294 g/mol. The molecule has 0 saturated heterocycles. The number of carbonyl (C=O) groups is 2. The minimum absolute atomic E-state index is 0.292. The standard InChI is InChI=1S/C17H25N3O3/c1-4-8-14(16(22)18-3)20-17(23)15(19-12(2)21)11-13-9-6-5-7-10-13/h5-7,9-10,14-15H,4,8,11H2,1-3H3,(H,18,22)(H,19,21)(H,20,23)/p-1. The minimum Gasteiger partial charge on any atom is -0.861 e. The largest absolute Gasteiger partial charge is 0.861 e. The fourth-order valence-corrected chi connectivity index (χ4v) is 2.28. The number of benzene rings is 1. The number of aliphatic imine (C=N–C) groups is 1.